The highest BCUT2D eigenvalue weighted by atomic mass is 16.4. The van der Waals surface area contributed by atoms with E-state index in [0.29, 0.717) is 11.5 Å². The largest absolute Gasteiger partial charge is 0.478 e. The summed E-state index contributed by atoms with van der Waals surface area (Å²) in [5, 5.41) is 9.30. The fourth-order valence-corrected chi connectivity index (χ4v) is 3.03. The molecule has 1 heterocycles. The smallest absolute Gasteiger partial charge is 0.337 e. The monoisotopic (exact) mass is 231 g/mol. The van der Waals surface area contributed by atoms with Crippen LogP contribution in [0.2, 0.25) is 0 Å². The molecular weight excluding hydrogens is 214 g/mol. The number of carboxylic acid groups (broad SMARTS) is 1. The zero-order valence-corrected chi connectivity index (χ0v) is 9.91. The van der Waals surface area contributed by atoms with E-state index in [1.165, 1.54) is 24.8 Å². The fraction of sp³-hybridized carbons (Fsp3) is 0.571. The third-order valence-electron chi connectivity index (χ3n) is 4.15. The first-order chi connectivity index (χ1) is 8.27. The van der Waals surface area contributed by atoms with E-state index in [9.17, 15) is 9.90 Å². The Bertz CT molecular complexity index is 464. The first-order valence-electron chi connectivity index (χ1n) is 6.51. The Morgan fingerprint density at radius 1 is 1.24 bits per heavy atom. The van der Waals surface area contributed by atoms with E-state index in [0.717, 1.165) is 36.9 Å². The van der Waals surface area contributed by atoms with Gasteiger partial charge in [-0.2, -0.15) is 0 Å². The topological polar surface area (TPSA) is 50.2 Å². The Hall–Kier alpha value is -1.38. The Morgan fingerprint density at radius 3 is 2.65 bits per heavy atom. The number of rotatable bonds is 2. The molecule has 17 heavy (non-hydrogen) atoms. The number of fused-ring (bicyclic) bond motifs is 1. The van der Waals surface area contributed by atoms with Gasteiger partial charge in [0.1, 0.15) is 0 Å². The standard InChI is InChI=1S/C14H17NO2/c16-14(17)11-8-15-12-7-2-1-6-10(12)13(11)9-4-3-5-9/h8-9H,1-7H2,(H,16,17). The molecule has 1 N–H and O–H groups in total. The van der Waals surface area contributed by atoms with Gasteiger partial charge in [0.2, 0.25) is 0 Å². The normalized spacial score (nSPS) is 19.5. The van der Waals surface area contributed by atoms with Gasteiger partial charge in [0.15, 0.2) is 0 Å². The molecule has 3 nitrogen and oxygen atoms in total. The molecule has 1 aromatic heterocycles. The minimum absolute atomic E-state index is 0.454. The molecule has 0 amide bonds. The van der Waals surface area contributed by atoms with Crippen LogP contribution in [-0.4, -0.2) is 16.1 Å². The fourth-order valence-electron chi connectivity index (χ4n) is 3.03. The second-order valence-corrected chi connectivity index (χ2v) is 5.15. The number of hydrogen-bond donors (Lipinski definition) is 1. The quantitative estimate of drug-likeness (QED) is 0.851. The predicted molar refractivity (Wildman–Crippen MR) is 64.4 cm³/mol. The summed E-state index contributed by atoms with van der Waals surface area (Å²) in [6.45, 7) is 0. The number of pyridine rings is 1. The molecule has 1 aromatic rings. The van der Waals surface area contributed by atoms with E-state index in [-0.39, 0.29) is 0 Å². The van der Waals surface area contributed by atoms with Gasteiger partial charge in [-0.05, 0) is 55.6 Å². The van der Waals surface area contributed by atoms with Crippen LogP contribution in [0.25, 0.3) is 0 Å². The Balaban J connectivity index is 2.13. The molecule has 0 spiro atoms. The zero-order valence-electron chi connectivity index (χ0n) is 9.91. The molecule has 2 aliphatic carbocycles. The minimum atomic E-state index is -0.812. The van der Waals surface area contributed by atoms with Crippen LogP contribution in [0.5, 0.6) is 0 Å². The van der Waals surface area contributed by atoms with Crippen molar-refractivity contribution in [1.82, 2.24) is 4.98 Å². The Labute approximate surface area is 101 Å². The van der Waals surface area contributed by atoms with Crippen molar-refractivity contribution in [2.24, 2.45) is 0 Å². The summed E-state index contributed by atoms with van der Waals surface area (Å²) >= 11 is 0. The maximum absolute atomic E-state index is 11.3. The molecular formula is C14H17NO2. The molecule has 0 bridgehead atoms. The van der Waals surface area contributed by atoms with E-state index in [1.54, 1.807) is 6.20 Å². The lowest BCUT2D eigenvalue weighted by atomic mass is 9.74. The van der Waals surface area contributed by atoms with Crippen LogP contribution in [0.3, 0.4) is 0 Å². The van der Waals surface area contributed by atoms with Gasteiger partial charge < -0.3 is 5.11 Å². The number of aromatic carboxylic acids is 1. The first kappa shape index (κ1) is 10.8. The molecule has 0 aromatic carbocycles. The van der Waals surface area contributed by atoms with Crippen LogP contribution in [0.15, 0.2) is 6.20 Å². The maximum atomic E-state index is 11.3. The maximum Gasteiger partial charge on any atom is 0.337 e. The molecule has 0 unspecified atom stereocenters. The summed E-state index contributed by atoms with van der Waals surface area (Å²) in [6, 6.07) is 0. The molecule has 0 radical (unpaired) electrons. The summed E-state index contributed by atoms with van der Waals surface area (Å²) in [5.41, 5.74) is 3.99. The van der Waals surface area contributed by atoms with Crippen molar-refractivity contribution in [3.05, 3.63) is 28.6 Å². The van der Waals surface area contributed by atoms with Crippen molar-refractivity contribution < 1.29 is 9.90 Å². The van der Waals surface area contributed by atoms with Gasteiger partial charge in [-0.3, -0.25) is 4.98 Å². The highest BCUT2D eigenvalue weighted by Crippen LogP contribution is 2.41. The third-order valence-corrected chi connectivity index (χ3v) is 4.15. The van der Waals surface area contributed by atoms with Gasteiger partial charge in [0, 0.05) is 11.9 Å². The molecule has 0 saturated heterocycles. The molecule has 3 heteroatoms. The third kappa shape index (κ3) is 1.74. The number of carbonyl (C=O) groups is 1. The van der Waals surface area contributed by atoms with Crippen molar-refractivity contribution in [3.63, 3.8) is 0 Å². The lowest BCUT2D eigenvalue weighted by Crippen LogP contribution is -2.20. The predicted octanol–water partition coefficient (Wildman–Crippen LogP) is 2.93. The van der Waals surface area contributed by atoms with Crippen LogP contribution in [0.4, 0.5) is 0 Å². The Morgan fingerprint density at radius 2 is 2.00 bits per heavy atom. The summed E-state index contributed by atoms with van der Waals surface area (Å²) in [4.78, 5) is 15.7. The average Bonchev–Trinajstić information content (AvgIpc) is 2.26. The van der Waals surface area contributed by atoms with E-state index in [2.05, 4.69) is 4.98 Å². The zero-order chi connectivity index (χ0) is 11.8. The minimum Gasteiger partial charge on any atom is -0.478 e. The van der Waals surface area contributed by atoms with Crippen molar-refractivity contribution in [2.45, 2.75) is 50.9 Å². The van der Waals surface area contributed by atoms with Crippen LogP contribution in [0.1, 0.15) is 65.2 Å². The highest BCUT2D eigenvalue weighted by molar-refractivity contribution is 5.90. The number of carboxylic acids is 1. The molecule has 1 fully saturated rings. The van der Waals surface area contributed by atoms with Crippen molar-refractivity contribution in [1.29, 1.82) is 0 Å². The number of aromatic nitrogens is 1. The molecule has 90 valence electrons. The van der Waals surface area contributed by atoms with Crippen LogP contribution in [0, 0.1) is 0 Å². The number of aryl methyl sites for hydroxylation is 1. The first-order valence-corrected chi connectivity index (χ1v) is 6.51. The molecule has 1 saturated carbocycles. The van der Waals surface area contributed by atoms with Crippen LogP contribution < -0.4 is 0 Å². The second kappa shape index (κ2) is 4.13. The molecule has 0 aliphatic heterocycles. The lowest BCUT2D eigenvalue weighted by Gasteiger charge is -2.31. The summed E-state index contributed by atoms with van der Waals surface area (Å²) in [5.74, 6) is -0.330. The van der Waals surface area contributed by atoms with Gasteiger partial charge in [0.25, 0.3) is 0 Å². The van der Waals surface area contributed by atoms with Crippen LogP contribution in [-0.2, 0) is 12.8 Å². The van der Waals surface area contributed by atoms with Crippen molar-refractivity contribution >= 4 is 5.97 Å². The molecule has 2 aliphatic rings. The van der Waals surface area contributed by atoms with Gasteiger partial charge in [0.05, 0.1) is 5.56 Å². The van der Waals surface area contributed by atoms with E-state index < -0.39 is 5.97 Å². The second-order valence-electron chi connectivity index (χ2n) is 5.15. The van der Waals surface area contributed by atoms with Crippen molar-refractivity contribution in [3.8, 4) is 0 Å². The summed E-state index contributed by atoms with van der Waals surface area (Å²) in [7, 11) is 0. The number of nitrogens with zero attached hydrogens (tertiary/aromatic N) is 1. The SMILES string of the molecule is O=C(O)c1cnc2c(c1C1CCC1)CCCC2. The highest BCUT2D eigenvalue weighted by Gasteiger charge is 2.29. The lowest BCUT2D eigenvalue weighted by molar-refractivity contribution is 0.0693. The average molecular weight is 231 g/mol. The number of hydrogen-bond acceptors (Lipinski definition) is 2. The van der Waals surface area contributed by atoms with E-state index in [1.807, 2.05) is 0 Å². The van der Waals surface area contributed by atoms with E-state index in [4.69, 9.17) is 0 Å². The summed E-state index contributed by atoms with van der Waals surface area (Å²) in [6.07, 6.45) is 9.53. The van der Waals surface area contributed by atoms with E-state index >= 15 is 0 Å². The van der Waals surface area contributed by atoms with Gasteiger partial charge in [-0.1, -0.05) is 6.42 Å². The Kier molecular flexibility index (Phi) is 2.61. The van der Waals surface area contributed by atoms with Crippen LogP contribution >= 0.6 is 0 Å². The molecule has 0 atom stereocenters. The van der Waals surface area contributed by atoms with Crippen molar-refractivity contribution in [2.75, 3.05) is 0 Å². The van der Waals surface area contributed by atoms with Gasteiger partial charge >= 0.3 is 5.97 Å². The van der Waals surface area contributed by atoms with Gasteiger partial charge in [-0.15, -0.1) is 0 Å². The summed E-state index contributed by atoms with van der Waals surface area (Å²) < 4.78 is 0. The molecule has 3 rings (SSSR count). The van der Waals surface area contributed by atoms with Gasteiger partial charge in [-0.25, -0.2) is 4.79 Å².